The number of hydrogen-bond acceptors (Lipinski definition) is 6. The van der Waals surface area contributed by atoms with Gasteiger partial charge in [-0.1, -0.05) is 35.1 Å². The summed E-state index contributed by atoms with van der Waals surface area (Å²) in [6.45, 7) is 2.18. The molecule has 0 radical (unpaired) electrons. The third-order valence-corrected chi connectivity index (χ3v) is 8.55. The Bertz CT molecular complexity index is 1270. The summed E-state index contributed by atoms with van der Waals surface area (Å²) in [5.41, 5.74) is 1.03. The maximum absolute atomic E-state index is 13.7. The van der Waals surface area contributed by atoms with E-state index in [1.807, 2.05) is 0 Å². The molecule has 7 nitrogen and oxygen atoms in total. The van der Waals surface area contributed by atoms with Crippen LogP contribution in [0.1, 0.15) is 39.1 Å². The van der Waals surface area contributed by atoms with Crippen LogP contribution < -0.4 is 5.32 Å². The zero-order chi connectivity index (χ0) is 22.9. The molecule has 2 aromatic carbocycles. The number of nitrogens with one attached hydrogen (secondary N) is 1. The number of aromatic nitrogens is 2. The number of aryl methyl sites for hydroxylation is 1. The highest BCUT2D eigenvalue weighted by atomic mass is 35.5. The Morgan fingerprint density at radius 3 is 2.84 bits per heavy atom. The van der Waals surface area contributed by atoms with Crippen molar-refractivity contribution in [1.82, 2.24) is 14.5 Å². The molecule has 1 saturated heterocycles. The van der Waals surface area contributed by atoms with Crippen molar-refractivity contribution in [3.05, 3.63) is 68.9 Å². The molecule has 1 aliphatic rings. The molecule has 1 aliphatic heterocycles. The van der Waals surface area contributed by atoms with Gasteiger partial charge in [0, 0.05) is 29.7 Å². The minimum absolute atomic E-state index is 0.0306. The van der Waals surface area contributed by atoms with Gasteiger partial charge in [0.1, 0.15) is 10.8 Å². The molecule has 0 bridgehead atoms. The molecule has 1 aromatic heterocycles. The van der Waals surface area contributed by atoms with Crippen LogP contribution in [0.4, 0.5) is 10.1 Å². The fourth-order valence-corrected chi connectivity index (χ4v) is 6.41. The van der Waals surface area contributed by atoms with Crippen molar-refractivity contribution in [3.8, 4) is 0 Å². The highest BCUT2D eigenvalue weighted by Gasteiger charge is 2.33. The van der Waals surface area contributed by atoms with Crippen LogP contribution in [0, 0.1) is 12.7 Å². The molecule has 32 heavy (non-hydrogen) atoms. The molecule has 1 amide bonds. The largest absolute Gasteiger partial charge is 0.320 e. The van der Waals surface area contributed by atoms with Crippen molar-refractivity contribution in [2.75, 3.05) is 18.4 Å². The maximum Gasteiger partial charge on any atom is 0.286 e. The van der Waals surface area contributed by atoms with E-state index in [2.05, 4.69) is 15.5 Å². The Labute approximate surface area is 194 Å². The van der Waals surface area contributed by atoms with Crippen molar-refractivity contribution < 1.29 is 17.6 Å². The lowest BCUT2D eigenvalue weighted by atomic mass is 10.0. The number of piperidine rings is 1. The minimum Gasteiger partial charge on any atom is -0.320 e. The van der Waals surface area contributed by atoms with Crippen LogP contribution in [-0.4, -0.2) is 41.9 Å². The first kappa shape index (κ1) is 22.8. The molecule has 1 atom stereocenters. The fourth-order valence-electron chi connectivity index (χ4n) is 3.60. The molecule has 1 fully saturated rings. The number of hydrogen-bond donors (Lipinski definition) is 1. The van der Waals surface area contributed by atoms with Gasteiger partial charge in [-0.05, 0) is 55.7 Å². The minimum atomic E-state index is -3.85. The van der Waals surface area contributed by atoms with Gasteiger partial charge in [0.05, 0.1) is 4.90 Å². The fraction of sp³-hybridized carbons (Fsp3) is 0.286. The third kappa shape index (κ3) is 4.83. The van der Waals surface area contributed by atoms with Crippen molar-refractivity contribution in [3.63, 3.8) is 0 Å². The van der Waals surface area contributed by atoms with Gasteiger partial charge < -0.3 is 5.32 Å². The van der Waals surface area contributed by atoms with E-state index >= 15 is 0 Å². The molecule has 0 aliphatic carbocycles. The van der Waals surface area contributed by atoms with E-state index in [1.165, 1.54) is 16.4 Å². The van der Waals surface area contributed by atoms with Crippen molar-refractivity contribution in [1.29, 1.82) is 0 Å². The van der Waals surface area contributed by atoms with Crippen LogP contribution in [0.25, 0.3) is 0 Å². The first-order valence-electron chi connectivity index (χ1n) is 9.90. The van der Waals surface area contributed by atoms with Crippen LogP contribution in [0.3, 0.4) is 0 Å². The predicted molar refractivity (Wildman–Crippen MR) is 121 cm³/mol. The lowest BCUT2D eigenvalue weighted by Gasteiger charge is -2.31. The Morgan fingerprint density at radius 2 is 2.06 bits per heavy atom. The SMILES string of the molecule is Cc1ccc(F)cc1S(=O)(=O)N1CCC[C@H](c2nnc(C(=O)Nc3cccc(Cl)c3)s2)C1. The standard InChI is InChI=1S/C21H20ClFN4O3S2/c1-13-7-8-16(23)11-18(13)32(29,30)27-9-3-4-14(12-27)20-25-26-21(31-20)19(28)24-17-6-2-5-15(22)10-17/h2,5-8,10-11,14H,3-4,9,12H2,1H3,(H,24,28)/t14-/m0/s1. The summed E-state index contributed by atoms with van der Waals surface area (Å²) in [5.74, 6) is -1.20. The smallest absolute Gasteiger partial charge is 0.286 e. The average molecular weight is 495 g/mol. The summed E-state index contributed by atoms with van der Waals surface area (Å²) in [6, 6.07) is 10.5. The number of nitrogens with zero attached hydrogens (tertiary/aromatic N) is 3. The topological polar surface area (TPSA) is 92.3 Å². The molecule has 0 spiro atoms. The molecule has 11 heteroatoms. The molecule has 0 saturated carbocycles. The zero-order valence-electron chi connectivity index (χ0n) is 17.1. The van der Waals surface area contributed by atoms with E-state index in [0.717, 1.165) is 23.8 Å². The molecular formula is C21H20ClFN4O3S2. The van der Waals surface area contributed by atoms with Crippen LogP contribution in [0.5, 0.6) is 0 Å². The number of carbonyl (C=O) groups excluding carboxylic acids is 1. The number of anilines is 1. The normalized spacial score (nSPS) is 17.3. The van der Waals surface area contributed by atoms with Gasteiger partial charge in [-0.15, -0.1) is 10.2 Å². The highest BCUT2D eigenvalue weighted by molar-refractivity contribution is 7.89. The molecule has 168 valence electrons. The van der Waals surface area contributed by atoms with Crippen LogP contribution in [0.15, 0.2) is 47.4 Å². The summed E-state index contributed by atoms with van der Waals surface area (Å²) < 4.78 is 41.3. The summed E-state index contributed by atoms with van der Waals surface area (Å²) in [5, 5.41) is 12.1. The van der Waals surface area contributed by atoms with Crippen LogP contribution in [-0.2, 0) is 10.0 Å². The van der Waals surface area contributed by atoms with E-state index in [-0.39, 0.29) is 22.4 Å². The predicted octanol–water partition coefficient (Wildman–Crippen LogP) is 4.46. The number of benzene rings is 2. The summed E-state index contributed by atoms with van der Waals surface area (Å²) in [6.07, 6.45) is 1.35. The van der Waals surface area contributed by atoms with Crippen molar-refractivity contribution >= 4 is 44.6 Å². The first-order valence-corrected chi connectivity index (χ1v) is 12.5. The number of amides is 1. The van der Waals surface area contributed by atoms with Gasteiger partial charge in [0.25, 0.3) is 5.91 Å². The van der Waals surface area contributed by atoms with E-state index in [4.69, 9.17) is 11.6 Å². The monoisotopic (exact) mass is 494 g/mol. The number of sulfonamides is 1. The summed E-state index contributed by atoms with van der Waals surface area (Å²) >= 11 is 7.08. The van der Waals surface area contributed by atoms with Gasteiger partial charge in [0.2, 0.25) is 15.0 Å². The zero-order valence-corrected chi connectivity index (χ0v) is 19.5. The number of rotatable bonds is 5. The van der Waals surface area contributed by atoms with E-state index in [1.54, 1.807) is 31.2 Å². The lowest BCUT2D eigenvalue weighted by molar-refractivity contribution is 0.102. The van der Waals surface area contributed by atoms with Crippen molar-refractivity contribution in [2.24, 2.45) is 0 Å². The second kappa shape index (κ2) is 9.22. The van der Waals surface area contributed by atoms with E-state index in [9.17, 15) is 17.6 Å². The van der Waals surface area contributed by atoms with E-state index < -0.39 is 21.7 Å². The molecule has 0 unspecified atom stereocenters. The average Bonchev–Trinajstić information content (AvgIpc) is 3.26. The Kier molecular flexibility index (Phi) is 6.57. The molecule has 4 rings (SSSR count). The Balaban J connectivity index is 1.50. The molecular weight excluding hydrogens is 475 g/mol. The lowest BCUT2D eigenvalue weighted by Crippen LogP contribution is -2.39. The van der Waals surface area contributed by atoms with Gasteiger partial charge in [-0.25, -0.2) is 12.8 Å². The first-order chi connectivity index (χ1) is 15.2. The van der Waals surface area contributed by atoms with Crippen LogP contribution >= 0.6 is 22.9 Å². The van der Waals surface area contributed by atoms with E-state index in [0.29, 0.717) is 34.2 Å². The molecule has 1 N–H and O–H groups in total. The number of carbonyl (C=O) groups is 1. The second-order valence-electron chi connectivity index (χ2n) is 7.52. The third-order valence-electron chi connectivity index (χ3n) is 5.22. The molecule has 2 heterocycles. The van der Waals surface area contributed by atoms with Crippen molar-refractivity contribution in [2.45, 2.75) is 30.6 Å². The Morgan fingerprint density at radius 1 is 1.25 bits per heavy atom. The number of halogens is 2. The Hall–Kier alpha value is -2.40. The van der Waals surface area contributed by atoms with Gasteiger partial charge in [-0.2, -0.15) is 4.31 Å². The van der Waals surface area contributed by atoms with Gasteiger partial charge >= 0.3 is 0 Å². The quantitative estimate of drug-likeness (QED) is 0.565. The summed E-state index contributed by atoms with van der Waals surface area (Å²) in [4.78, 5) is 12.5. The highest BCUT2D eigenvalue weighted by Crippen LogP contribution is 2.33. The molecule has 3 aromatic rings. The maximum atomic E-state index is 13.7. The van der Waals surface area contributed by atoms with Gasteiger partial charge in [0.15, 0.2) is 0 Å². The van der Waals surface area contributed by atoms with Gasteiger partial charge in [-0.3, -0.25) is 4.79 Å². The van der Waals surface area contributed by atoms with Crippen LogP contribution in [0.2, 0.25) is 5.02 Å². The summed E-state index contributed by atoms with van der Waals surface area (Å²) in [7, 11) is -3.85. The second-order valence-corrected chi connectivity index (χ2v) is 10.9.